The Bertz CT molecular complexity index is 222. The second-order valence-corrected chi connectivity index (χ2v) is 3.83. The molecule has 2 N–H and O–H groups in total. The first-order valence-corrected chi connectivity index (χ1v) is 4.37. The van der Waals surface area contributed by atoms with Crippen LogP contribution in [0.3, 0.4) is 0 Å². The third kappa shape index (κ3) is 2.22. The molecule has 11 heavy (non-hydrogen) atoms. The number of hydrogen-bond acceptors (Lipinski definition) is 2. The van der Waals surface area contributed by atoms with E-state index in [0.717, 1.165) is 11.0 Å². The fraction of sp³-hybridized carbons (Fsp3) is 0.571. The van der Waals surface area contributed by atoms with Crippen LogP contribution in [0, 0.1) is 5.92 Å². The van der Waals surface area contributed by atoms with E-state index in [0.29, 0.717) is 11.7 Å². The van der Waals surface area contributed by atoms with Gasteiger partial charge in [-0.25, -0.2) is 0 Å². The summed E-state index contributed by atoms with van der Waals surface area (Å²) in [6.45, 7) is 5.20. The van der Waals surface area contributed by atoms with Gasteiger partial charge in [-0.05, 0) is 21.8 Å². The van der Waals surface area contributed by atoms with Crippen LogP contribution in [0.25, 0.3) is 0 Å². The predicted octanol–water partition coefficient (Wildman–Crippen LogP) is 1.88. The zero-order valence-corrected chi connectivity index (χ0v) is 8.30. The second kappa shape index (κ2) is 3.26. The van der Waals surface area contributed by atoms with Crippen molar-refractivity contribution in [3.63, 3.8) is 0 Å². The van der Waals surface area contributed by atoms with E-state index in [2.05, 4.69) is 34.9 Å². The van der Waals surface area contributed by atoms with Crippen LogP contribution in [-0.4, -0.2) is 9.78 Å². The number of halogens is 1. The SMILES string of the molecule is CC(C)Cn1cc(Br)c(N)n1. The Morgan fingerprint density at radius 1 is 1.73 bits per heavy atom. The smallest absolute Gasteiger partial charge is 0.159 e. The molecule has 1 aromatic rings. The monoisotopic (exact) mass is 217 g/mol. The normalized spacial score (nSPS) is 10.9. The highest BCUT2D eigenvalue weighted by Gasteiger charge is 2.02. The molecular weight excluding hydrogens is 206 g/mol. The fourth-order valence-corrected chi connectivity index (χ4v) is 1.20. The van der Waals surface area contributed by atoms with Crippen molar-refractivity contribution in [3.05, 3.63) is 10.7 Å². The molecule has 0 unspecified atom stereocenters. The minimum absolute atomic E-state index is 0.561. The molecule has 0 saturated heterocycles. The molecule has 0 aliphatic rings. The van der Waals surface area contributed by atoms with E-state index in [4.69, 9.17) is 5.73 Å². The molecule has 0 aromatic carbocycles. The van der Waals surface area contributed by atoms with Crippen molar-refractivity contribution in [2.45, 2.75) is 20.4 Å². The van der Waals surface area contributed by atoms with E-state index in [-0.39, 0.29) is 0 Å². The number of hydrogen-bond donors (Lipinski definition) is 1. The maximum absolute atomic E-state index is 5.54. The van der Waals surface area contributed by atoms with Crippen LogP contribution in [0.15, 0.2) is 10.7 Å². The lowest BCUT2D eigenvalue weighted by molar-refractivity contribution is 0.484. The Morgan fingerprint density at radius 2 is 2.36 bits per heavy atom. The Hall–Kier alpha value is -0.510. The van der Waals surface area contributed by atoms with Crippen LogP contribution in [0.5, 0.6) is 0 Å². The van der Waals surface area contributed by atoms with Gasteiger partial charge < -0.3 is 5.73 Å². The highest BCUT2D eigenvalue weighted by Crippen LogP contribution is 2.16. The molecule has 1 rings (SSSR count). The van der Waals surface area contributed by atoms with E-state index < -0.39 is 0 Å². The molecule has 1 heterocycles. The van der Waals surface area contributed by atoms with Gasteiger partial charge in [-0.3, -0.25) is 4.68 Å². The largest absolute Gasteiger partial charge is 0.381 e. The van der Waals surface area contributed by atoms with E-state index >= 15 is 0 Å². The number of aromatic nitrogens is 2. The van der Waals surface area contributed by atoms with Crippen molar-refractivity contribution in [2.24, 2.45) is 5.92 Å². The molecule has 4 heteroatoms. The minimum atomic E-state index is 0.561. The molecule has 1 aromatic heterocycles. The molecule has 0 aliphatic heterocycles. The van der Waals surface area contributed by atoms with Crippen molar-refractivity contribution < 1.29 is 0 Å². The van der Waals surface area contributed by atoms with Crippen LogP contribution in [0.1, 0.15) is 13.8 Å². The van der Waals surface area contributed by atoms with Crippen LogP contribution >= 0.6 is 15.9 Å². The molecule has 3 nitrogen and oxygen atoms in total. The summed E-state index contributed by atoms with van der Waals surface area (Å²) in [5.74, 6) is 1.16. The van der Waals surface area contributed by atoms with Gasteiger partial charge in [0.25, 0.3) is 0 Å². The number of nitrogens with two attached hydrogens (primary N) is 1. The van der Waals surface area contributed by atoms with Gasteiger partial charge >= 0.3 is 0 Å². The third-order valence-corrected chi connectivity index (χ3v) is 1.91. The summed E-state index contributed by atoms with van der Waals surface area (Å²) in [5, 5.41) is 4.10. The molecule has 0 saturated carbocycles. The average molecular weight is 218 g/mol. The molecule has 0 radical (unpaired) electrons. The summed E-state index contributed by atoms with van der Waals surface area (Å²) < 4.78 is 2.72. The average Bonchev–Trinajstić information content (AvgIpc) is 2.10. The maximum Gasteiger partial charge on any atom is 0.159 e. The van der Waals surface area contributed by atoms with Gasteiger partial charge in [0.05, 0.1) is 4.47 Å². The molecule has 0 amide bonds. The second-order valence-electron chi connectivity index (χ2n) is 2.98. The summed E-state index contributed by atoms with van der Waals surface area (Å²) in [7, 11) is 0. The lowest BCUT2D eigenvalue weighted by Gasteiger charge is -2.02. The number of nitrogen functional groups attached to an aromatic ring is 1. The van der Waals surface area contributed by atoms with Gasteiger partial charge in [0.2, 0.25) is 0 Å². The highest BCUT2D eigenvalue weighted by molar-refractivity contribution is 9.10. The first-order valence-electron chi connectivity index (χ1n) is 3.58. The van der Waals surface area contributed by atoms with Crippen molar-refractivity contribution in [2.75, 3.05) is 5.73 Å². The Kier molecular flexibility index (Phi) is 2.54. The predicted molar refractivity (Wildman–Crippen MR) is 49.2 cm³/mol. The summed E-state index contributed by atoms with van der Waals surface area (Å²) in [5.41, 5.74) is 5.54. The minimum Gasteiger partial charge on any atom is -0.381 e. The molecule has 0 aliphatic carbocycles. The van der Waals surface area contributed by atoms with Crippen LogP contribution in [-0.2, 0) is 6.54 Å². The lowest BCUT2D eigenvalue weighted by atomic mass is 10.2. The van der Waals surface area contributed by atoms with E-state index in [9.17, 15) is 0 Å². The molecule has 0 bridgehead atoms. The van der Waals surface area contributed by atoms with Gasteiger partial charge in [-0.2, -0.15) is 5.10 Å². The van der Waals surface area contributed by atoms with Crippen molar-refractivity contribution in [1.29, 1.82) is 0 Å². The van der Waals surface area contributed by atoms with Gasteiger partial charge in [-0.15, -0.1) is 0 Å². The number of rotatable bonds is 2. The van der Waals surface area contributed by atoms with Crippen LogP contribution in [0.4, 0.5) is 5.82 Å². The fourth-order valence-electron chi connectivity index (χ4n) is 0.880. The first-order chi connectivity index (χ1) is 5.09. The van der Waals surface area contributed by atoms with Crippen molar-refractivity contribution in [1.82, 2.24) is 9.78 Å². The van der Waals surface area contributed by atoms with Gasteiger partial charge in [0.1, 0.15) is 0 Å². The van der Waals surface area contributed by atoms with Crippen LogP contribution in [0.2, 0.25) is 0 Å². The number of anilines is 1. The lowest BCUT2D eigenvalue weighted by Crippen LogP contribution is -2.04. The van der Waals surface area contributed by atoms with Gasteiger partial charge in [-0.1, -0.05) is 13.8 Å². The van der Waals surface area contributed by atoms with Gasteiger partial charge in [0.15, 0.2) is 5.82 Å². The standard InChI is InChI=1S/C7H12BrN3/c1-5(2)3-11-4-6(8)7(9)10-11/h4-5H,3H2,1-2H3,(H2,9,10). The quantitative estimate of drug-likeness (QED) is 0.823. The highest BCUT2D eigenvalue weighted by atomic mass is 79.9. The molecular formula is C7H12BrN3. The Morgan fingerprint density at radius 3 is 2.73 bits per heavy atom. The summed E-state index contributed by atoms with van der Waals surface area (Å²) in [6, 6.07) is 0. The maximum atomic E-state index is 5.54. The summed E-state index contributed by atoms with van der Waals surface area (Å²) in [6.07, 6.45) is 1.90. The van der Waals surface area contributed by atoms with E-state index in [1.54, 1.807) is 0 Å². The van der Waals surface area contributed by atoms with Gasteiger partial charge in [0, 0.05) is 12.7 Å². The molecule has 0 atom stereocenters. The Labute approximate surface area is 74.7 Å². The molecule has 62 valence electrons. The zero-order chi connectivity index (χ0) is 8.43. The summed E-state index contributed by atoms with van der Waals surface area (Å²) in [4.78, 5) is 0. The molecule has 0 fully saturated rings. The van der Waals surface area contributed by atoms with Crippen molar-refractivity contribution in [3.8, 4) is 0 Å². The number of nitrogens with zero attached hydrogens (tertiary/aromatic N) is 2. The topological polar surface area (TPSA) is 43.8 Å². The third-order valence-electron chi connectivity index (χ3n) is 1.30. The summed E-state index contributed by atoms with van der Waals surface area (Å²) >= 11 is 3.30. The van der Waals surface area contributed by atoms with E-state index in [1.807, 2.05) is 10.9 Å². The van der Waals surface area contributed by atoms with Crippen molar-refractivity contribution >= 4 is 21.7 Å². The first kappa shape index (κ1) is 8.59. The zero-order valence-electron chi connectivity index (χ0n) is 6.71. The Balaban J connectivity index is 2.73. The van der Waals surface area contributed by atoms with E-state index in [1.165, 1.54) is 0 Å². The molecule has 0 spiro atoms. The van der Waals surface area contributed by atoms with Crippen LogP contribution < -0.4 is 5.73 Å².